The molecule has 19 heavy (non-hydrogen) atoms. The molecule has 1 heterocycles. The molecule has 1 aromatic heterocycles. The minimum absolute atomic E-state index is 0.0579. The predicted molar refractivity (Wildman–Crippen MR) is 69.1 cm³/mol. The van der Waals surface area contributed by atoms with Gasteiger partial charge in [-0.1, -0.05) is 16.8 Å². The van der Waals surface area contributed by atoms with Gasteiger partial charge in [-0.05, 0) is 18.2 Å². The first-order chi connectivity index (χ1) is 8.99. The molecule has 0 saturated carbocycles. The fourth-order valence-corrected chi connectivity index (χ4v) is 2.56. The summed E-state index contributed by atoms with van der Waals surface area (Å²) < 4.78 is 30.9. The van der Waals surface area contributed by atoms with Crippen LogP contribution in [-0.2, 0) is 16.4 Å². The van der Waals surface area contributed by atoms with Crippen molar-refractivity contribution in [2.75, 3.05) is 12.3 Å². The number of nitrogens with one attached hydrogen (secondary N) is 1. The Hall–Kier alpha value is -1.64. The maximum Gasteiger partial charge on any atom is 0.240 e. The monoisotopic (exact) mass is 302 g/mol. The first kappa shape index (κ1) is 13.8. The van der Waals surface area contributed by atoms with Gasteiger partial charge in [0.1, 0.15) is 0 Å². The number of aromatic nitrogens is 2. The Labute approximate surface area is 114 Å². The van der Waals surface area contributed by atoms with Crippen molar-refractivity contribution in [2.45, 2.75) is 11.3 Å². The Balaban J connectivity index is 2.03. The summed E-state index contributed by atoms with van der Waals surface area (Å²) in [5, 5.41) is 3.89. The number of rotatable bonds is 5. The van der Waals surface area contributed by atoms with Crippen molar-refractivity contribution in [1.82, 2.24) is 14.9 Å². The fourth-order valence-electron chi connectivity index (χ4n) is 1.37. The molecule has 9 heteroatoms. The van der Waals surface area contributed by atoms with Gasteiger partial charge < -0.3 is 10.3 Å². The van der Waals surface area contributed by atoms with Crippen LogP contribution in [0.2, 0.25) is 5.02 Å². The zero-order chi connectivity index (χ0) is 13.9. The molecule has 102 valence electrons. The van der Waals surface area contributed by atoms with Crippen LogP contribution in [0.25, 0.3) is 0 Å². The first-order valence-corrected chi connectivity index (χ1v) is 7.15. The average Bonchev–Trinajstić information content (AvgIpc) is 2.85. The molecule has 0 bridgehead atoms. The molecular weight excluding hydrogens is 292 g/mol. The average molecular weight is 303 g/mol. The highest BCUT2D eigenvalue weighted by Crippen LogP contribution is 2.21. The van der Waals surface area contributed by atoms with E-state index in [1.807, 2.05) is 0 Å². The second kappa shape index (κ2) is 5.55. The van der Waals surface area contributed by atoms with Crippen molar-refractivity contribution < 1.29 is 12.9 Å². The Kier molecular flexibility index (Phi) is 4.03. The highest BCUT2D eigenvalue weighted by atomic mass is 35.5. The topological polar surface area (TPSA) is 111 Å². The van der Waals surface area contributed by atoms with Crippen molar-refractivity contribution in [2.24, 2.45) is 0 Å². The molecule has 0 atom stereocenters. The van der Waals surface area contributed by atoms with Crippen molar-refractivity contribution in [3.63, 3.8) is 0 Å². The zero-order valence-corrected chi connectivity index (χ0v) is 11.3. The molecule has 1 aromatic carbocycles. The predicted octanol–water partition coefficient (Wildman–Crippen LogP) is 0.826. The summed E-state index contributed by atoms with van der Waals surface area (Å²) in [6, 6.07) is 4.12. The molecule has 0 fully saturated rings. The smallest absolute Gasteiger partial charge is 0.240 e. The molecule has 0 unspecified atom stereocenters. The lowest BCUT2D eigenvalue weighted by Crippen LogP contribution is -2.26. The van der Waals surface area contributed by atoms with Gasteiger partial charge in [0.2, 0.25) is 16.4 Å². The summed E-state index contributed by atoms with van der Waals surface area (Å²) in [5.74, 6) is 0.429. The van der Waals surface area contributed by atoms with E-state index in [-0.39, 0.29) is 17.1 Å². The zero-order valence-electron chi connectivity index (χ0n) is 9.71. The van der Waals surface area contributed by atoms with Crippen molar-refractivity contribution >= 4 is 27.3 Å². The number of hydrogen-bond donors (Lipinski definition) is 2. The largest absolute Gasteiger partial charge is 0.397 e. The van der Waals surface area contributed by atoms with Crippen LogP contribution in [-0.4, -0.2) is 25.1 Å². The molecule has 0 aliphatic heterocycles. The van der Waals surface area contributed by atoms with Crippen molar-refractivity contribution in [3.8, 4) is 0 Å². The van der Waals surface area contributed by atoms with Crippen LogP contribution in [0.5, 0.6) is 0 Å². The molecule has 7 nitrogen and oxygen atoms in total. The molecule has 0 saturated heterocycles. The Morgan fingerprint density at radius 1 is 1.42 bits per heavy atom. The number of halogens is 1. The normalized spacial score (nSPS) is 11.6. The molecule has 0 aliphatic rings. The molecule has 3 N–H and O–H groups in total. The van der Waals surface area contributed by atoms with Crippen LogP contribution in [0.3, 0.4) is 0 Å². The lowest BCUT2D eigenvalue weighted by molar-refractivity contribution is 0.410. The number of benzene rings is 1. The summed E-state index contributed by atoms with van der Waals surface area (Å²) in [7, 11) is -3.63. The Morgan fingerprint density at radius 3 is 2.84 bits per heavy atom. The minimum atomic E-state index is -3.63. The van der Waals surface area contributed by atoms with Gasteiger partial charge in [-0.15, -0.1) is 0 Å². The summed E-state index contributed by atoms with van der Waals surface area (Å²) in [4.78, 5) is 3.84. The van der Waals surface area contributed by atoms with Crippen molar-refractivity contribution in [1.29, 1.82) is 0 Å². The molecule has 0 aliphatic carbocycles. The molecule has 0 amide bonds. The lowest BCUT2D eigenvalue weighted by Gasteiger charge is -2.07. The van der Waals surface area contributed by atoms with E-state index < -0.39 is 10.0 Å². The third kappa shape index (κ3) is 3.43. The van der Waals surface area contributed by atoms with Crippen LogP contribution in [0, 0.1) is 0 Å². The second-order valence-corrected chi connectivity index (χ2v) is 5.85. The number of sulfonamides is 1. The second-order valence-electron chi connectivity index (χ2n) is 3.68. The number of nitrogens with two attached hydrogens (primary N) is 1. The number of nitrogens with zero attached hydrogens (tertiary/aromatic N) is 2. The number of anilines is 1. The van der Waals surface area contributed by atoms with Gasteiger partial charge in [0, 0.05) is 13.0 Å². The van der Waals surface area contributed by atoms with Gasteiger partial charge in [0.15, 0.2) is 5.82 Å². The Bertz CT molecular complexity index is 657. The van der Waals surface area contributed by atoms with Crippen LogP contribution in [0.15, 0.2) is 34.0 Å². The summed E-state index contributed by atoms with van der Waals surface area (Å²) in [6.45, 7) is 0.157. The van der Waals surface area contributed by atoms with Gasteiger partial charge in [-0.25, -0.2) is 13.1 Å². The van der Waals surface area contributed by atoms with Crippen LogP contribution < -0.4 is 10.5 Å². The van der Waals surface area contributed by atoms with E-state index in [0.29, 0.717) is 17.3 Å². The maximum atomic E-state index is 12.0. The molecule has 0 spiro atoms. The van der Waals surface area contributed by atoms with Crippen molar-refractivity contribution in [3.05, 3.63) is 35.4 Å². The highest BCUT2D eigenvalue weighted by Gasteiger charge is 2.15. The van der Waals surface area contributed by atoms with Crippen LogP contribution >= 0.6 is 11.6 Å². The van der Waals surface area contributed by atoms with Crippen LogP contribution in [0.1, 0.15) is 5.82 Å². The van der Waals surface area contributed by atoms with Crippen LogP contribution in [0.4, 0.5) is 5.69 Å². The van der Waals surface area contributed by atoms with E-state index >= 15 is 0 Å². The third-order valence-corrected chi connectivity index (χ3v) is 4.13. The number of nitrogen functional groups attached to an aromatic ring is 1. The highest BCUT2D eigenvalue weighted by molar-refractivity contribution is 7.89. The third-order valence-electron chi connectivity index (χ3n) is 2.33. The van der Waals surface area contributed by atoms with Gasteiger partial charge in [0.25, 0.3) is 0 Å². The first-order valence-electron chi connectivity index (χ1n) is 5.29. The molecular formula is C10H11ClN4O3S. The van der Waals surface area contributed by atoms with Gasteiger partial charge in [0.05, 0.1) is 15.6 Å². The summed E-state index contributed by atoms with van der Waals surface area (Å²) in [6.07, 6.45) is 1.52. The minimum Gasteiger partial charge on any atom is -0.397 e. The van der Waals surface area contributed by atoms with E-state index in [4.69, 9.17) is 17.3 Å². The van der Waals surface area contributed by atoms with E-state index in [2.05, 4.69) is 19.4 Å². The Morgan fingerprint density at radius 2 is 2.21 bits per heavy atom. The molecule has 2 aromatic rings. The van der Waals surface area contributed by atoms with Gasteiger partial charge >= 0.3 is 0 Å². The summed E-state index contributed by atoms with van der Waals surface area (Å²) >= 11 is 5.74. The van der Waals surface area contributed by atoms with Gasteiger partial charge in [-0.2, -0.15) is 4.98 Å². The standard InChI is InChI=1S/C10H11ClN4O3S/c11-8-2-1-7(5-9(8)12)19(16,17)14-4-3-10-13-6-18-15-10/h1-2,5-6,14H,3-4,12H2. The SMILES string of the molecule is Nc1cc(S(=O)(=O)NCCc2ncon2)ccc1Cl. The van der Waals surface area contributed by atoms with Gasteiger partial charge in [-0.3, -0.25) is 0 Å². The van der Waals surface area contributed by atoms with E-state index in [1.54, 1.807) is 0 Å². The lowest BCUT2D eigenvalue weighted by atomic mass is 10.3. The summed E-state index contributed by atoms with van der Waals surface area (Å²) in [5.41, 5.74) is 5.78. The van der Waals surface area contributed by atoms with E-state index in [9.17, 15) is 8.42 Å². The number of hydrogen-bond acceptors (Lipinski definition) is 6. The molecule has 0 radical (unpaired) electrons. The maximum absolute atomic E-state index is 12.0. The molecule has 2 rings (SSSR count). The quantitative estimate of drug-likeness (QED) is 0.791. The van der Waals surface area contributed by atoms with E-state index in [0.717, 1.165) is 0 Å². The van der Waals surface area contributed by atoms with E-state index in [1.165, 1.54) is 24.6 Å². The fraction of sp³-hybridized carbons (Fsp3) is 0.200.